The van der Waals surface area contributed by atoms with E-state index in [0.717, 1.165) is 39.9 Å². The van der Waals surface area contributed by atoms with Crippen LogP contribution in [0.2, 0.25) is 0 Å². The first-order valence-corrected chi connectivity index (χ1v) is 19.0. The van der Waals surface area contributed by atoms with Crippen LogP contribution in [-0.4, -0.2) is 0 Å². The molecule has 2 heterocycles. The van der Waals surface area contributed by atoms with E-state index in [-0.39, 0.29) is 5.41 Å². The maximum atomic E-state index is 6.67. The molecule has 10 rings (SSSR count). The van der Waals surface area contributed by atoms with Crippen molar-refractivity contribution in [3.8, 4) is 44.9 Å². The Morgan fingerprint density at radius 2 is 1.00 bits per heavy atom. The van der Waals surface area contributed by atoms with Crippen molar-refractivity contribution in [2.75, 3.05) is 9.80 Å². The number of hydrogen-bond donors (Lipinski definition) is 0. The molecule has 264 valence electrons. The second-order valence-corrected chi connectivity index (χ2v) is 15.0. The number of fused-ring (bicyclic) bond motifs is 4. The van der Waals surface area contributed by atoms with Gasteiger partial charge in [-0.3, -0.25) is 0 Å². The molecule has 0 saturated heterocycles. The summed E-state index contributed by atoms with van der Waals surface area (Å²) >= 11 is 0. The van der Waals surface area contributed by atoms with Crippen LogP contribution in [0.5, 0.6) is 11.5 Å². The number of ether oxygens (including phenoxy) is 1. The van der Waals surface area contributed by atoms with Crippen LogP contribution in [0.4, 0.5) is 34.1 Å². The summed E-state index contributed by atoms with van der Waals surface area (Å²) in [7, 11) is 0. The summed E-state index contributed by atoms with van der Waals surface area (Å²) in [4.78, 5) is 4.76. The highest BCUT2D eigenvalue weighted by Crippen LogP contribution is 2.62. The Kier molecular flexibility index (Phi) is 7.71. The second kappa shape index (κ2) is 12.9. The number of benzene rings is 8. The molecule has 8 aromatic rings. The van der Waals surface area contributed by atoms with E-state index >= 15 is 0 Å². The van der Waals surface area contributed by atoms with Crippen molar-refractivity contribution in [3.63, 3.8) is 0 Å². The number of aryl methyl sites for hydroxylation is 1. The van der Waals surface area contributed by atoms with Crippen molar-refractivity contribution >= 4 is 34.1 Å². The summed E-state index contributed by atoms with van der Waals surface area (Å²) in [6, 6.07) is 67.5. The minimum Gasteiger partial charge on any atom is -0.453 e. The lowest BCUT2D eigenvalue weighted by atomic mass is 9.70. The fourth-order valence-electron chi connectivity index (χ4n) is 8.68. The molecule has 3 nitrogen and oxygen atoms in total. The monoisotopic (exact) mass is 708 g/mol. The largest absolute Gasteiger partial charge is 0.453 e. The Hall–Kier alpha value is -6.84. The van der Waals surface area contributed by atoms with Gasteiger partial charge in [0.05, 0.1) is 17.1 Å². The summed E-state index contributed by atoms with van der Waals surface area (Å²) in [5, 5.41) is 0. The van der Waals surface area contributed by atoms with Crippen LogP contribution in [0.15, 0.2) is 188 Å². The number of anilines is 6. The van der Waals surface area contributed by atoms with Gasteiger partial charge in [0.1, 0.15) is 0 Å². The third kappa shape index (κ3) is 5.42. The van der Waals surface area contributed by atoms with E-state index in [1.54, 1.807) is 0 Å². The van der Waals surface area contributed by atoms with Gasteiger partial charge in [-0.25, -0.2) is 0 Å². The molecule has 2 aliphatic heterocycles. The summed E-state index contributed by atoms with van der Waals surface area (Å²) in [6.45, 7) is 6.88. The van der Waals surface area contributed by atoms with Crippen LogP contribution in [-0.2, 0) is 5.41 Å². The molecule has 8 aromatic carbocycles. The average Bonchev–Trinajstić information content (AvgIpc) is 3.24. The van der Waals surface area contributed by atoms with Crippen molar-refractivity contribution < 1.29 is 4.74 Å². The van der Waals surface area contributed by atoms with Gasteiger partial charge >= 0.3 is 0 Å². The van der Waals surface area contributed by atoms with Crippen LogP contribution in [0.3, 0.4) is 0 Å². The highest BCUT2D eigenvalue weighted by Gasteiger charge is 2.43. The number of rotatable bonds is 6. The van der Waals surface area contributed by atoms with Gasteiger partial charge in [-0.15, -0.1) is 0 Å². The van der Waals surface area contributed by atoms with Crippen molar-refractivity contribution in [2.24, 2.45) is 0 Å². The zero-order chi connectivity index (χ0) is 37.1. The molecule has 0 aliphatic carbocycles. The molecule has 0 fully saturated rings. The van der Waals surface area contributed by atoms with Crippen molar-refractivity contribution in [3.05, 3.63) is 205 Å². The quantitative estimate of drug-likeness (QED) is 0.171. The van der Waals surface area contributed by atoms with E-state index in [0.29, 0.717) is 0 Å². The molecule has 0 amide bonds. The molecule has 55 heavy (non-hydrogen) atoms. The lowest BCUT2D eigenvalue weighted by Gasteiger charge is -2.46. The molecule has 2 aliphatic rings. The minimum absolute atomic E-state index is 0.269. The lowest BCUT2D eigenvalue weighted by molar-refractivity contribution is 0.471. The fraction of sp³-hybridized carbons (Fsp3) is 0.0769. The molecule has 0 N–H and O–H groups in total. The Labute approximate surface area is 323 Å². The number of hydrogen-bond acceptors (Lipinski definition) is 3. The zero-order valence-corrected chi connectivity index (χ0v) is 31.2. The van der Waals surface area contributed by atoms with Gasteiger partial charge in [-0.1, -0.05) is 141 Å². The predicted octanol–water partition coefficient (Wildman–Crippen LogP) is 14.7. The van der Waals surface area contributed by atoms with Crippen molar-refractivity contribution in [1.82, 2.24) is 0 Å². The highest BCUT2D eigenvalue weighted by atomic mass is 16.5. The molecule has 0 aromatic heterocycles. The first-order valence-electron chi connectivity index (χ1n) is 19.0. The van der Waals surface area contributed by atoms with Gasteiger partial charge in [-0.05, 0) is 118 Å². The third-order valence-corrected chi connectivity index (χ3v) is 11.3. The standard InChI is InChI=1S/C52H40N2O/c1-35-14-12-23-47-50(35)54-46-22-11-10-21-45(46)52(2,3)49-44(32-33-48(55-47)51(49)54)40-18-13-17-39(34-40)38-26-30-43(31-27-38)53(41-19-8-5-9-20-41)42-28-24-37(25-29-42)36-15-6-4-7-16-36/h4-34H,1-3H3. The second-order valence-electron chi connectivity index (χ2n) is 15.0. The average molecular weight is 709 g/mol. The van der Waals surface area contributed by atoms with E-state index < -0.39 is 0 Å². The Morgan fingerprint density at radius 1 is 0.455 bits per heavy atom. The van der Waals surface area contributed by atoms with E-state index in [1.807, 2.05) is 0 Å². The van der Waals surface area contributed by atoms with Crippen LogP contribution in [0.1, 0.15) is 30.5 Å². The van der Waals surface area contributed by atoms with Gasteiger partial charge in [0.15, 0.2) is 11.5 Å². The Morgan fingerprint density at radius 3 is 1.73 bits per heavy atom. The molecule has 0 bridgehead atoms. The molecular formula is C52H40N2O. The summed E-state index contributed by atoms with van der Waals surface area (Å²) in [6.07, 6.45) is 0. The lowest BCUT2D eigenvalue weighted by Crippen LogP contribution is -2.33. The van der Waals surface area contributed by atoms with Gasteiger partial charge in [0, 0.05) is 22.5 Å². The van der Waals surface area contributed by atoms with E-state index in [1.165, 1.54) is 55.8 Å². The van der Waals surface area contributed by atoms with Crippen LogP contribution in [0.25, 0.3) is 33.4 Å². The smallest absolute Gasteiger partial charge is 0.151 e. The Balaban J connectivity index is 1.04. The summed E-state index contributed by atoms with van der Waals surface area (Å²) in [5.41, 5.74) is 17.5. The summed E-state index contributed by atoms with van der Waals surface area (Å²) < 4.78 is 6.67. The van der Waals surface area contributed by atoms with Crippen LogP contribution >= 0.6 is 0 Å². The van der Waals surface area contributed by atoms with Gasteiger partial charge in [-0.2, -0.15) is 0 Å². The SMILES string of the molecule is Cc1cccc2c1N1c3ccccc3C(C)(C)c3c(-c4cccc(-c5ccc(N(c6ccccc6)c6ccc(-c7ccccc7)cc6)cc5)c4)ccc(c31)O2. The predicted molar refractivity (Wildman–Crippen MR) is 229 cm³/mol. The fourth-order valence-corrected chi connectivity index (χ4v) is 8.68. The summed E-state index contributed by atoms with van der Waals surface area (Å²) in [5.74, 6) is 1.78. The van der Waals surface area contributed by atoms with Gasteiger partial charge in [0.25, 0.3) is 0 Å². The molecular weight excluding hydrogens is 669 g/mol. The van der Waals surface area contributed by atoms with E-state index in [2.05, 4.69) is 219 Å². The molecule has 3 heteroatoms. The Bertz CT molecular complexity index is 2700. The van der Waals surface area contributed by atoms with Gasteiger partial charge < -0.3 is 14.5 Å². The maximum Gasteiger partial charge on any atom is 0.151 e. The zero-order valence-electron chi connectivity index (χ0n) is 31.2. The van der Waals surface area contributed by atoms with Gasteiger partial charge in [0.2, 0.25) is 0 Å². The first-order chi connectivity index (χ1) is 27.0. The number of para-hydroxylation sites is 3. The van der Waals surface area contributed by atoms with E-state index in [9.17, 15) is 0 Å². The van der Waals surface area contributed by atoms with Crippen LogP contribution < -0.4 is 14.5 Å². The maximum absolute atomic E-state index is 6.67. The first kappa shape index (κ1) is 32.8. The third-order valence-electron chi connectivity index (χ3n) is 11.3. The molecule has 0 radical (unpaired) electrons. The van der Waals surface area contributed by atoms with Crippen LogP contribution in [0, 0.1) is 6.92 Å². The topological polar surface area (TPSA) is 15.7 Å². The molecule has 0 unspecified atom stereocenters. The van der Waals surface area contributed by atoms with Crippen molar-refractivity contribution in [1.29, 1.82) is 0 Å². The molecule has 0 atom stereocenters. The van der Waals surface area contributed by atoms with E-state index in [4.69, 9.17) is 4.74 Å². The normalized spacial score (nSPS) is 13.3. The molecule has 0 spiro atoms. The molecule has 0 saturated carbocycles. The highest BCUT2D eigenvalue weighted by molar-refractivity contribution is 5.97. The minimum atomic E-state index is -0.269. The number of nitrogens with zero attached hydrogens (tertiary/aromatic N) is 2. The van der Waals surface area contributed by atoms with Crippen molar-refractivity contribution in [2.45, 2.75) is 26.2 Å².